The second-order valence-electron chi connectivity index (χ2n) is 12.3. The maximum atomic E-state index is 5.15. The van der Waals surface area contributed by atoms with Gasteiger partial charge in [-0.15, -0.1) is 0 Å². The van der Waals surface area contributed by atoms with E-state index in [1.807, 2.05) is 36.4 Å². The molecule has 4 nitrogen and oxygen atoms in total. The van der Waals surface area contributed by atoms with Crippen LogP contribution in [0.3, 0.4) is 0 Å². The molecule has 9 rings (SSSR count). The molecule has 1 unspecified atom stereocenters. The second kappa shape index (κ2) is 11.5. The number of para-hydroxylation sites is 2. The van der Waals surface area contributed by atoms with Crippen LogP contribution in [-0.2, 0) is 12.8 Å². The van der Waals surface area contributed by atoms with E-state index in [-0.39, 0.29) is 5.92 Å². The Balaban J connectivity index is 1.30. The standard InChI is InChI=1S/C43H32N4/c1-4-15-30(16-5-1)42-44-39(45-43(46-42)31-17-6-2-7-18-31)28-32-25-24-29-14-10-11-21-34(29)36-26-27-37-35-22-12-13-23-38(35)47(41(37)40(32)36)33-19-8-3-9-20-33/h1-23,26-27,32H,24-25,28H2. The van der Waals surface area contributed by atoms with Gasteiger partial charge in [0.15, 0.2) is 11.6 Å². The summed E-state index contributed by atoms with van der Waals surface area (Å²) in [5.41, 5.74) is 11.0. The normalized spacial score (nSPS) is 14.1. The van der Waals surface area contributed by atoms with Crippen LogP contribution in [0.2, 0.25) is 0 Å². The van der Waals surface area contributed by atoms with Crippen LogP contribution in [0.5, 0.6) is 0 Å². The molecule has 0 amide bonds. The summed E-state index contributed by atoms with van der Waals surface area (Å²) in [6.07, 6.45) is 2.69. The zero-order valence-corrected chi connectivity index (χ0v) is 25.9. The van der Waals surface area contributed by atoms with Crippen LogP contribution in [-0.4, -0.2) is 19.5 Å². The van der Waals surface area contributed by atoms with E-state index in [1.54, 1.807) is 0 Å². The van der Waals surface area contributed by atoms with Crippen LogP contribution in [0, 0.1) is 0 Å². The molecule has 0 saturated heterocycles. The highest BCUT2D eigenvalue weighted by Gasteiger charge is 2.29. The first-order chi connectivity index (χ1) is 23.3. The topological polar surface area (TPSA) is 43.6 Å². The van der Waals surface area contributed by atoms with Gasteiger partial charge in [0, 0.05) is 34.0 Å². The Morgan fingerprint density at radius 1 is 0.532 bits per heavy atom. The fraction of sp³-hybridized carbons (Fsp3) is 0.0930. The molecule has 1 aliphatic rings. The number of rotatable bonds is 5. The van der Waals surface area contributed by atoms with Gasteiger partial charge >= 0.3 is 0 Å². The van der Waals surface area contributed by atoms with E-state index in [0.717, 1.165) is 29.8 Å². The zero-order chi connectivity index (χ0) is 31.2. The van der Waals surface area contributed by atoms with Crippen LogP contribution in [0.25, 0.3) is 61.4 Å². The minimum Gasteiger partial charge on any atom is -0.309 e. The van der Waals surface area contributed by atoms with Crippen molar-refractivity contribution in [3.05, 3.63) is 169 Å². The number of hydrogen-bond acceptors (Lipinski definition) is 3. The first-order valence-electron chi connectivity index (χ1n) is 16.4. The molecule has 0 N–H and O–H groups in total. The highest BCUT2D eigenvalue weighted by atomic mass is 15.0. The summed E-state index contributed by atoms with van der Waals surface area (Å²) < 4.78 is 2.47. The summed E-state index contributed by atoms with van der Waals surface area (Å²) in [6, 6.07) is 53.7. The molecule has 2 aromatic heterocycles. The lowest BCUT2D eigenvalue weighted by Gasteiger charge is -2.21. The minimum absolute atomic E-state index is 0.183. The summed E-state index contributed by atoms with van der Waals surface area (Å²) >= 11 is 0. The summed E-state index contributed by atoms with van der Waals surface area (Å²) in [4.78, 5) is 15.3. The minimum atomic E-state index is 0.183. The third kappa shape index (κ3) is 4.81. The van der Waals surface area contributed by atoms with E-state index in [0.29, 0.717) is 18.1 Å². The maximum Gasteiger partial charge on any atom is 0.163 e. The lowest BCUT2D eigenvalue weighted by Crippen LogP contribution is -2.11. The average molecular weight is 605 g/mol. The van der Waals surface area contributed by atoms with E-state index in [1.165, 1.54) is 49.7 Å². The van der Waals surface area contributed by atoms with Gasteiger partial charge in [-0.3, -0.25) is 0 Å². The Labute approximate surface area is 274 Å². The molecule has 0 aliphatic heterocycles. The molecule has 6 aromatic carbocycles. The van der Waals surface area contributed by atoms with Gasteiger partial charge in [-0.2, -0.15) is 0 Å². The fourth-order valence-electron chi connectivity index (χ4n) is 7.42. The number of fused-ring (bicyclic) bond motifs is 7. The van der Waals surface area contributed by atoms with Crippen molar-refractivity contribution in [1.82, 2.24) is 19.5 Å². The molecular formula is C43H32N4. The van der Waals surface area contributed by atoms with Gasteiger partial charge in [-0.05, 0) is 59.2 Å². The quantitative estimate of drug-likeness (QED) is 0.196. The Kier molecular flexibility index (Phi) is 6.71. The van der Waals surface area contributed by atoms with Crippen LogP contribution in [0.1, 0.15) is 29.3 Å². The molecular weight excluding hydrogens is 573 g/mol. The smallest absolute Gasteiger partial charge is 0.163 e. The SMILES string of the molecule is c1ccc(-c2nc(CC3CCc4ccccc4-c4ccc5c6ccccc6n(-c6ccccc6)c5c43)nc(-c3ccccc3)n2)cc1. The molecule has 4 heteroatoms. The summed E-state index contributed by atoms with van der Waals surface area (Å²) in [5, 5.41) is 2.54. The number of nitrogens with zero attached hydrogens (tertiary/aromatic N) is 4. The van der Waals surface area contributed by atoms with Gasteiger partial charge in [0.1, 0.15) is 5.82 Å². The number of hydrogen-bond donors (Lipinski definition) is 0. The van der Waals surface area contributed by atoms with Gasteiger partial charge in [0.2, 0.25) is 0 Å². The highest BCUT2D eigenvalue weighted by Crippen LogP contribution is 2.46. The zero-order valence-electron chi connectivity index (χ0n) is 25.9. The fourth-order valence-corrected chi connectivity index (χ4v) is 7.42. The average Bonchev–Trinajstić information content (AvgIpc) is 3.40. The molecule has 0 bridgehead atoms. The lowest BCUT2D eigenvalue weighted by molar-refractivity contribution is 0.611. The summed E-state index contributed by atoms with van der Waals surface area (Å²) in [5.74, 6) is 2.42. The first-order valence-corrected chi connectivity index (χ1v) is 16.4. The largest absolute Gasteiger partial charge is 0.309 e. The number of benzene rings is 6. The van der Waals surface area contributed by atoms with E-state index in [4.69, 9.17) is 15.0 Å². The van der Waals surface area contributed by atoms with Crippen LogP contribution < -0.4 is 0 Å². The Morgan fingerprint density at radius 2 is 1.15 bits per heavy atom. The van der Waals surface area contributed by atoms with Crippen LogP contribution >= 0.6 is 0 Å². The van der Waals surface area contributed by atoms with Gasteiger partial charge < -0.3 is 4.57 Å². The van der Waals surface area contributed by atoms with Crippen molar-refractivity contribution in [2.24, 2.45) is 0 Å². The van der Waals surface area contributed by atoms with Crippen molar-refractivity contribution in [2.45, 2.75) is 25.2 Å². The van der Waals surface area contributed by atoms with E-state index in [2.05, 4.69) is 120 Å². The predicted molar refractivity (Wildman–Crippen MR) is 192 cm³/mol. The molecule has 224 valence electrons. The highest BCUT2D eigenvalue weighted by molar-refractivity contribution is 6.12. The second-order valence-corrected chi connectivity index (χ2v) is 12.3. The van der Waals surface area contributed by atoms with E-state index in [9.17, 15) is 0 Å². The Morgan fingerprint density at radius 3 is 1.87 bits per heavy atom. The molecule has 1 aliphatic carbocycles. The molecule has 0 spiro atoms. The van der Waals surface area contributed by atoms with E-state index < -0.39 is 0 Å². The summed E-state index contributed by atoms with van der Waals surface area (Å²) in [6.45, 7) is 0. The Hall–Kier alpha value is -5.87. The van der Waals surface area contributed by atoms with Gasteiger partial charge in [-0.25, -0.2) is 15.0 Å². The van der Waals surface area contributed by atoms with Crippen LogP contribution in [0.15, 0.2) is 152 Å². The molecule has 2 heterocycles. The Bertz CT molecular complexity index is 2320. The van der Waals surface area contributed by atoms with Gasteiger partial charge in [0.05, 0.1) is 11.0 Å². The maximum absolute atomic E-state index is 5.15. The van der Waals surface area contributed by atoms with Gasteiger partial charge in [0.25, 0.3) is 0 Å². The molecule has 8 aromatic rings. The van der Waals surface area contributed by atoms with Crippen molar-refractivity contribution < 1.29 is 0 Å². The van der Waals surface area contributed by atoms with Crippen molar-refractivity contribution in [2.75, 3.05) is 0 Å². The van der Waals surface area contributed by atoms with Crippen LogP contribution in [0.4, 0.5) is 0 Å². The molecule has 47 heavy (non-hydrogen) atoms. The number of aryl methyl sites for hydroxylation is 1. The van der Waals surface area contributed by atoms with Crippen molar-refractivity contribution in [3.63, 3.8) is 0 Å². The van der Waals surface area contributed by atoms with E-state index >= 15 is 0 Å². The molecule has 1 atom stereocenters. The molecule has 0 fully saturated rings. The lowest BCUT2D eigenvalue weighted by atomic mass is 9.86. The van der Waals surface area contributed by atoms with Gasteiger partial charge in [-0.1, -0.05) is 133 Å². The third-order valence-corrected chi connectivity index (χ3v) is 9.54. The van der Waals surface area contributed by atoms with Crippen molar-refractivity contribution in [3.8, 4) is 39.6 Å². The molecule has 0 radical (unpaired) electrons. The third-order valence-electron chi connectivity index (χ3n) is 9.54. The monoisotopic (exact) mass is 604 g/mol. The predicted octanol–water partition coefficient (Wildman–Crippen LogP) is 10.2. The van der Waals surface area contributed by atoms with Crippen molar-refractivity contribution in [1.29, 1.82) is 0 Å². The first kappa shape index (κ1) is 27.4. The number of aromatic nitrogens is 4. The molecule has 0 saturated carbocycles. The summed E-state index contributed by atoms with van der Waals surface area (Å²) in [7, 11) is 0. The van der Waals surface area contributed by atoms with Crippen molar-refractivity contribution >= 4 is 21.8 Å².